The van der Waals surface area contributed by atoms with Gasteiger partial charge in [0.25, 0.3) is 0 Å². The normalized spacial score (nSPS) is 27.1. The van der Waals surface area contributed by atoms with E-state index in [1.807, 2.05) is 6.92 Å². The number of amides is 1. The van der Waals surface area contributed by atoms with E-state index in [9.17, 15) is 9.18 Å². The summed E-state index contributed by atoms with van der Waals surface area (Å²) < 4.78 is 13.0. The zero-order valence-electron chi connectivity index (χ0n) is 12.9. The highest BCUT2D eigenvalue weighted by atomic mass is 19.1. The Hall–Kier alpha value is -1.42. The second-order valence-corrected chi connectivity index (χ2v) is 6.41. The standard InChI is InChI=1S/C17H25FN2O/c1-12-7-9-17(11-19,10-8-12)16(21)20-13(2)14-3-5-15(18)6-4-14/h3-6,12-13H,7-11,19H2,1-2H3,(H,20,21)/t12?,13-,17?/m0/s1. The number of rotatable bonds is 4. The van der Waals surface area contributed by atoms with E-state index in [1.165, 1.54) is 12.1 Å². The van der Waals surface area contributed by atoms with Crippen LogP contribution in [0.15, 0.2) is 24.3 Å². The summed E-state index contributed by atoms with van der Waals surface area (Å²) in [5.74, 6) is 0.442. The molecule has 116 valence electrons. The van der Waals surface area contributed by atoms with Gasteiger partial charge in [-0.2, -0.15) is 0 Å². The molecule has 1 atom stereocenters. The topological polar surface area (TPSA) is 55.1 Å². The van der Waals surface area contributed by atoms with Gasteiger partial charge in [0.2, 0.25) is 5.91 Å². The van der Waals surface area contributed by atoms with E-state index in [-0.39, 0.29) is 17.8 Å². The molecule has 1 aromatic rings. The maximum absolute atomic E-state index is 13.0. The molecule has 3 nitrogen and oxygen atoms in total. The van der Waals surface area contributed by atoms with Gasteiger partial charge in [-0.15, -0.1) is 0 Å². The van der Waals surface area contributed by atoms with E-state index in [0.717, 1.165) is 31.2 Å². The van der Waals surface area contributed by atoms with Gasteiger partial charge in [0.15, 0.2) is 0 Å². The van der Waals surface area contributed by atoms with E-state index in [0.29, 0.717) is 12.5 Å². The van der Waals surface area contributed by atoms with Crippen molar-refractivity contribution in [3.8, 4) is 0 Å². The lowest BCUT2D eigenvalue weighted by Crippen LogP contribution is -2.48. The smallest absolute Gasteiger partial charge is 0.227 e. The van der Waals surface area contributed by atoms with Gasteiger partial charge in [-0.05, 0) is 56.2 Å². The van der Waals surface area contributed by atoms with Gasteiger partial charge < -0.3 is 11.1 Å². The Morgan fingerprint density at radius 1 is 1.38 bits per heavy atom. The highest BCUT2D eigenvalue weighted by Crippen LogP contribution is 2.38. The maximum Gasteiger partial charge on any atom is 0.227 e. The summed E-state index contributed by atoms with van der Waals surface area (Å²) >= 11 is 0. The summed E-state index contributed by atoms with van der Waals surface area (Å²) in [5.41, 5.74) is 6.38. The summed E-state index contributed by atoms with van der Waals surface area (Å²) in [6, 6.07) is 6.11. The van der Waals surface area contributed by atoms with E-state index in [4.69, 9.17) is 5.73 Å². The molecule has 1 amide bonds. The molecule has 1 fully saturated rings. The van der Waals surface area contributed by atoms with Crippen LogP contribution in [0.3, 0.4) is 0 Å². The molecule has 0 unspecified atom stereocenters. The van der Waals surface area contributed by atoms with Gasteiger partial charge in [0, 0.05) is 6.54 Å². The largest absolute Gasteiger partial charge is 0.349 e. The monoisotopic (exact) mass is 292 g/mol. The molecule has 0 aromatic heterocycles. The fourth-order valence-electron chi connectivity index (χ4n) is 3.02. The molecule has 1 aliphatic rings. The van der Waals surface area contributed by atoms with Gasteiger partial charge in [-0.25, -0.2) is 4.39 Å². The van der Waals surface area contributed by atoms with Crippen LogP contribution in [-0.4, -0.2) is 12.5 Å². The third kappa shape index (κ3) is 3.62. The molecule has 0 aliphatic heterocycles. The van der Waals surface area contributed by atoms with E-state index >= 15 is 0 Å². The van der Waals surface area contributed by atoms with Gasteiger partial charge >= 0.3 is 0 Å². The minimum Gasteiger partial charge on any atom is -0.349 e. The van der Waals surface area contributed by atoms with Gasteiger partial charge in [-0.3, -0.25) is 4.79 Å². The summed E-state index contributed by atoms with van der Waals surface area (Å²) in [4.78, 5) is 12.6. The lowest BCUT2D eigenvalue weighted by atomic mass is 9.70. The minimum absolute atomic E-state index is 0.0359. The second-order valence-electron chi connectivity index (χ2n) is 6.41. The molecule has 1 aromatic carbocycles. The van der Waals surface area contributed by atoms with Crippen LogP contribution in [0.2, 0.25) is 0 Å². The average Bonchev–Trinajstić information content (AvgIpc) is 2.49. The van der Waals surface area contributed by atoms with Crippen molar-refractivity contribution in [3.63, 3.8) is 0 Å². The Morgan fingerprint density at radius 2 is 1.95 bits per heavy atom. The van der Waals surface area contributed by atoms with Crippen LogP contribution >= 0.6 is 0 Å². The molecule has 3 N–H and O–H groups in total. The van der Waals surface area contributed by atoms with Crippen LogP contribution in [0.25, 0.3) is 0 Å². The van der Waals surface area contributed by atoms with Crippen molar-refractivity contribution >= 4 is 5.91 Å². The Labute approximate surface area is 126 Å². The van der Waals surface area contributed by atoms with Crippen molar-refractivity contribution in [1.29, 1.82) is 0 Å². The van der Waals surface area contributed by atoms with Crippen LogP contribution in [-0.2, 0) is 4.79 Å². The van der Waals surface area contributed by atoms with Crippen LogP contribution in [0, 0.1) is 17.2 Å². The van der Waals surface area contributed by atoms with Crippen molar-refractivity contribution in [1.82, 2.24) is 5.32 Å². The molecule has 0 saturated heterocycles. The number of hydrogen-bond acceptors (Lipinski definition) is 2. The quantitative estimate of drug-likeness (QED) is 0.895. The van der Waals surface area contributed by atoms with Crippen molar-refractivity contribution in [2.75, 3.05) is 6.54 Å². The molecule has 21 heavy (non-hydrogen) atoms. The first-order chi connectivity index (χ1) is 9.97. The fraction of sp³-hybridized carbons (Fsp3) is 0.588. The molecule has 1 aliphatic carbocycles. The number of benzene rings is 1. The zero-order valence-corrected chi connectivity index (χ0v) is 12.9. The van der Waals surface area contributed by atoms with E-state index in [2.05, 4.69) is 12.2 Å². The predicted molar refractivity (Wildman–Crippen MR) is 82.1 cm³/mol. The number of carbonyl (C=O) groups excluding carboxylic acids is 1. The highest BCUT2D eigenvalue weighted by molar-refractivity contribution is 5.83. The Bertz CT molecular complexity index is 478. The second kappa shape index (κ2) is 6.56. The van der Waals surface area contributed by atoms with E-state index in [1.54, 1.807) is 12.1 Å². The predicted octanol–water partition coefficient (Wildman–Crippen LogP) is 3.16. The minimum atomic E-state index is -0.430. The first kappa shape index (κ1) is 16.0. The Kier molecular flexibility index (Phi) is 4.99. The number of nitrogens with two attached hydrogens (primary N) is 1. The molecule has 4 heteroatoms. The van der Waals surface area contributed by atoms with Gasteiger partial charge in [-0.1, -0.05) is 19.1 Å². The molecular weight excluding hydrogens is 267 g/mol. The third-order valence-corrected chi connectivity index (χ3v) is 4.82. The maximum atomic E-state index is 13.0. The lowest BCUT2D eigenvalue weighted by molar-refractivity contribution is -0.133. The number of hydrogen-bond donors (Lipinski definition) is 2. The average molecular weight is 292 g/mol. The summed E-state index contributed by atoms with van der Waals surface area (Å²) in [6.45, 7) is 4.53. The molecule has 2 rings (SSSR count). The van der Waals surface area contributed by atoms with Crippen LogP contribution < -0.4 is 11.1 Å². The van der Waals surface area contributed by atoms with Crippen molar-refractivity contribution in [2.24, 2.45) is 17.1 Å². The summed E-state index contributed by atoms with van der Waals surface area (Å²) in [6.07, 6.45) is 3.81. The summed E-state index contributed by atoms with van der Waals surface area (Å²) in [5, 5.41) is 3.05. The van der Waals surface area contributed by atoms with Gasteiger partial charge in [0.05, 0.1) is 11.5 Å². The first-order valence-corrected chi connectivity index (χ1v) is 7.73. The summed E-state index contributed by atoms with van der Waals surface area (Å²) in [7, 11) is 0. The SMILES string of the molecule is CC1CCC(CN)(C(=O)N[C@@H](C)c2ccc(F)cc2)CC1. The van der Waals surface area contributed by atoms with E-state index < -0.39 is 5.41 Å². The van der Waals surface area contributed by atoms with Crippen molar-refractivity contribution < 1.29 is 9.18 Å². The number of carbonyl (C=O) groups is 1. The third-order valence-electron chi connectivity index (χ3n) is 4.82. The molecule has 1 saturated carbocycles. The first-order valence-electron chi connectivity index (χ1n) is 7.73. The lowest BCUT2D eigenvalue weighted by Gasteiger charge is -2.38. The number of halogens is 1. The molecule has 0 heterocycles. The number of nitrogens with one attached hydrogen (secondary N) is 1. The molecule has 0 bridgehead atoms. The van der Waals surface area contributed by atoms with Gasteiger partial charge in [0.1, 0.15) is 5.82 Å². The molecule has 0 spiro atoms. The van der Waals surface area contributed by atoms with Crippen molar-refractivity contribution in [2.45, 2.75) is 45.6 Å². The zero-order chi connectivity index (χ0) is 15.5. The van der Waals surface area contributed by atoms with Crippen LogP contribution in [0.1, 0.15) is 51.1 Å². The molecule has 0 radical (unpaired) electrons. The Morgan fingerprint density at radius 3 is 2.48 bits per heavy atom. The van der Waals surface area contributed by atoms with Crippen LogP contribution in [0.4, 0.5) is 4.39 Å². The van der Waals surface area contributed by atoms with Crippen LogP contribution in [0.5, 0.6) is 0 Å². The highest BCUT2D eigenvalue weighted by Gasteiger charge is 2.40. The van der Waals surface area contributed by atoms with Crippen molar-refractivity contribution in [3.05, 3.63) is 35.6 Å². The fourth-order valence-corrected chi connectivity index (χ4v) is 3.02. The molecular formula is C17H25FN2O. The Balaban J connectivity index is 2.03.